The van der Waals surface area contributed by atoms with E-state index in [-0.39, 0.29) is 16.5 Å². The summed E-state index contributed by atoms with van der Waals surface area (Å²) in [5.41, 5.74) is 3.95. The van der Waals surface area contributed by atoms with Crippen LogP contribution in [0.3, 0.4) is 0 Å². The summed E-state index contributed by atoms with van der Waals surface area (Å²) >= 11 is 0. The van der Waals surface area contributed by atoms with Crippen molar-refractivity contribution in [2.24, 2.45) is 0 Å². The van der Waals surface area contributed by atoms with Crippen LogP contribution in [0.5, 0.6) is 5.75 Å². The minimum atomic E-state index is -0.327. The number of nitro benzene ring substituents is 1. The Hall–Kier alpha value is -2.44. The largest absolute Gasteiger partial charge is 0.493 e. The molecular formula is C26H33N3O3. The van der Waals surface area contributed by atoms with Crippen molar-refractivity contribution in [2.75, 3.05) is 39.3 Å². The first kappa shape index (κ1) is 21.4. The molecule has 2 aromatic carbocycles. The second-order valence-electron chi connectivity index (χ2n) is 9.42. The van der Waals surface area contributed by atoms with Gasteiger partial charge in [-0.1, -0.05) is 30.7 Å². The van der Waals surface area contributed by atoms with Crippen LogP contribution in [-0.4, -0.2) is 54.1 Å². The Morgan fingerprint density at radius 1 is 1.00 bits per heavy atom. The molecule has 6 heteroatoms. The quantitative estimate of drug-likeness (QED) is 0.343. The van der Waals surface area contributed by atoms with E-state index in [1.807, 2.05) is 12.1 Å². The molecule has 5 rings (SSSR count). The third kappa shape index (κ3) is 4.39. The van der Waals surface area contributed by atoms with Crippen LogP contribution in [0.15, 0.2) is 42.5 Å². The number of likely N-dealkylation sites (tertiary alicyclic amines) is 1. The van der Waals surface area contributed by atoms with Gasteiger partial charge in [0.15, 0.2) is 0 Å². The van der Waals surface area contributed by atoms with Crippen molar-refractivity contribution >= 4 is 5.69 Å². The van der Waals surface area contributed by atoms with Gasteiger partial charge in [-0.15, -0.1) is 0 Å². The highest BCUT2D eigenvalue weighted by Gasteiger charge is 2.38. The van der Waals surface area contributed by atoms with Crippen molar-refractivity contribution < 1.29 is 9.66 Å². The van der Waals surface area contributed by atoms with Crippen molar-refractivity contribution in [3.63, 3.8) is 0 Å². The van der Waals surface area contributed by atoms with Crippen LogP contribution < -0.4 is 4.74 Å². The van der Waals surface area contributed by atoms with Gasteiger partial charge >= 0.3 is 0 Å². The maximum absolute atomic E-state index is 11.1. The summed E-state index contributed by atoms with van der Waals surface area (Å²) in [6.07, 6.45) is 7.47. The molecule has 2 atom stereocenters. The predicted octanol–water partition coefficient (Wildman–Crippen LogP) is 5.13. The van der Waals surface area contributed by atoms with Gasteiger partial charge in [0.25, 0.3) is 5.69 Å². The molecule has 0 N–H and O–H groups in total. The van der Waals surface area contributed by atoms with Crippen molar-refractivity contribution in [3.05, 3.63) is 69.3 Å². The average Bonchev–Trinajstić information content (AvgIpc) is 3.31. The second-order valence-corrected chi connectivity index (χ2v) is 9.42. The molecule has 0 spiro atoms. The van der Waals surface area contributed by atoms with Gasteiger partial charge in [-0.3, -0.25) is 15.0 Å². The molecule has 2 aromatic rings. The lowest BCUT2D eigenvalue weighted by atomic mass is 9.81. The average molecular weight is 436 g/mol. The Morgan fingerprint density at radius 3 is 2.59 bits per heavy atom. The Balaban J connectivity index is 1.37. The van der Waals surface area contributed by atoms with Crippen molar-refractivity contribution in [1.82, 2.24) is 9.80 Å². The molecule has 6 nitrogen and oxygen atoms in total. The van der Waals surface area contributed by atoms with Crippen molar-refractivity contribution in [2.45, 2.75) is 50.5 Å². The number of fused-ring (bicyclic) bond motifs is 3. The molecule has 2 fully saturated rings. The summed E-state index contributed by atoms with van der Waals surface area (Å²) in [6.45, 7) is 6.35. The standard InChI is InChI=1S/C26H33N3O3/c30-29(31)21-12-10-20(11-13-21)23-19-28-17-5-8-24(28)22-7-4-9-25(26(22)23)32-18-6-16-27-14-2-1-3-15-27/h4,7,9-13,23-24H,1-3,5-6,8,14-19H2/t23-,24+/m1/s1. The van der Waals surface area contributed by atoms with Gasteiger partial charge in [0.1, 0.15) is 5.75 Å². The molecule has 2 saturated heterocycles. The first-order chi connectivity index (χ1) is 15.7. The molecule has 3 heterocycles. The van der Waals surface area contributed by atoms with Gasteiger partial charge < -0.3 is 9.64 Å². The monoisotopic (exact) mass is 435 g/mol. The molecule has 3 aliphatic rings. The molecule has 0 amide bonds. The molecule has 3 aliphatic heterocycles. The Kier molecular flexibility index (Phi) is 6.42. The molecule has 0 radical (unpaired) electrons. The number of hydrogen-bond acceptors (Lipinski definition) is 5. The van der Waals surface area contributed by atoms with Crippen molar-refractivity contribution in [3.8, 4) is 5.75 Å². The highest BCUT2D eigenvalue weighted by atomic mass is 16.6. The third-order valence-corrected chi connectivity index (χ3v) is 7.42. The SMILES string of the molecule is O=[N+]([O-])c1ccc([C@H]2CN3CCC[C@H]3c3cccc(OCCCN4CCCCC4)c32)cc1. The fourth-order valence-corrected chi connectivity index (χ4v) is 5.83. The van der Waals surface area contributed by atoms with Gasteiger partial charge in [-0.05, 0) is 68.9 Å². The van der Waals surface area contributed by atoms with E-state index in [4.69, 9.17) is 4.74 Å². The van der Waals surface area contributed by atoms with Crippen LogP contribution in [0.2, 0.25) is 0 Å². The van der Waals surface area contributed by atoms with E-state index >= 15 is 0 Å². The van der Waals surface area contributed by atoms with Crippen LogP contribution >= 0.6 is 0 Å². The van der Waals surface area contributed by atoms with E-state index in [2.05, 4.69) is 28.0 Å². The lowest BCUT2D eigenvalue weighted by molar-refractivity contribution is -0.384. The zero-order valence-electron chi connectivity index (χ0n) is 18.7. The van der Waals surface area contributed by atoms with Crippen molar-refractivity contribution in [1.29, 1.82) is 0 Å². The van der Waals surface area contributed by atoms with Crippen LogP contribution in [0.1, 0.15) is 67.2 Å². The molecule has 0 aliphatic carbocycles. The smallest absolute Gasteiger partial charge is 0.269 e. The number of rotatable bonds is 7. The molecule has 0 unspecified atom stereocenters. The van der Waals surface area contributed by atoms with E-state index < -0.39 is 0 Å². The fourth-order valence-electron chi connectivity index (χ4n) is 5.83. The number of ether oxygens (including phenoxy) is 1. The van der Waals surface area contributed by atoms with E-state index in [9.17, 15) is 10.1 Å². The molecule has 0 aromatic heterocycles. The number of non-ortho nitro benzene ring substituents is 1. The molecule has 32 heavy (non-hydrogen) atoms. The Labute approximate surface area is 190 Å². The van der Waals surface area contributed by atoms with Crippen LogP contribution in [-0.2, 0) is 0 Å². The zero-order valence-corrected chi connectivity index (χ0v) is 18.7. The molecule has 0 bridgehead atoms. The normalized spacial score (nSPS) is 23.5. The number of hydrogen-bond donors (Lipinski definition) is 0. The number of nitro groups is 1. The van der Waals surface area contributed by atoms with Crippen LogP contribution in [0.25, 0.3) is 0 Å². The first-order valence-electron chi connectivity index (χ1n) is 12.2. The van der Waals surface area contributed by atoms with E-state index in [0.717, 1.165) is 44.0 Å². The zero-order chi connectivity index (χ0) is 21.9. The van der Waals surface area contributed by atoms with Gasteiger partial charge in [-0.2, -0.15) is 0 Å². The highest BCUT2D eigenvalue weighted by Crippen LogP contribution is 2.47. The first-order valence-corrected chi connectivity index (χ1v) is 12.2. The Morgan fingerprint density at radius 2 is 1.81 bits per heavy atom. The Bertz CT molecular complexity index is 940. The summed E-state index contributed by atoms with van der Waals surface area (Å²) < 4.78 is 6.40. The second kappa shape index (κ2) is 9.59. The highest BCUT2D eigenvalue weighted by molar-refractivity contribution is 5.51. The molecular weight excluding hydrogens is 402 g/mol. The third-order valence-electron chi connectivity index (χ3n) is 7.42. The summed E-state index contributed by atoms with van der Waals surface area (Å²) in [4.78, 5) is 15.9. The summed E-state index contributed by atoms with van der Waals surface area (Å²) in [7, 11) is 0. The number of piperidine rings is 1. The van der Waals surface area contributed by atoms with Gasteiger partial charge in [-0.25, -0.2) is 0 Å². The molecule has 0 saturated carbocycles. The predicted molar refractivity (Wildman–Crippen MR) is 125 cm³/mol. The van der Waals surface area contributed by atoms with E-state index in [1.54, 1.807) is 12.1 Å². The number of benzene rings is 2. The minimum absolute atomic E-state index is 0.145. The fraction of sp³-hybridized carbons (Fsp3) is 0.538. The summed E-state index contributed by atoms with van der Waals surface area (Å²) in [6, 6.07) is 14.1. The van der Waals surface area contributed by atoms with Gasteiger partial charge in [0, 0.05) is 42.7 Å². The molecule has 170 valence electrons. The lowest BCUT2D eigenvalue weighted by Crippen LogP contribution is -2.35. The minimum Gasteiger partial charge on any atom is -0.493 e. The van der Waals surface area contributed by atoms with E-state index in [1.165, 1.54) is 56.3 Å². The maximum atomic E-state index is 11.1. The number of nitrogens with zero attached hydrogens (tertiary/aromatic N) is 3. The van der Waals surface area contributed by atoms with E-state index in [0.29, 0.717) is 6.04 Å². The lowest BCUT2D eigenvalue weighted by Gasteiger charge is -2.38. The van der Waals surface area contributed by atoms with Crippen LogP contribution in [0, 0.1) is 10.1 Å². The van der Waals surface area contributed by atoms with Crippen LogP contribution in [0.4, 0.5) is 5.69 Å². The topological polar surface area (TPSA) is 58.9 Å². The van der Waals surface area contributed by atoms with Gasteiger partial charge in [0.2, 0.25) is 0 Å². The summed E-state index contributed by atoms with van der Waals surface area (Å²) in [5.74, 6) is 1.18. The maximum Gasteiger partial charge on any atom is 0.269 e. The summed E-state index contributed by atoms with van der Waals surface area (Å²) in [5, 5.41) is 11.1. The van der Waals surface area contributed by atoms with Gasteiger partial charge in [0.05, 0.1) is 11.5 Å².